The molecule has 0 saturated carbocycles. The number of amides is 1. The van der Waals surface area contributed by atoms with Crippen molar-refractivity contribution in [2.24, 2.45) is 5.92 Å². The van der Waals surface area contributed by atoms with E-state index < -0.39 is 11.9 Å². The molecule has 0 aliphatic carbocycles. The van der Waals surface area contributed by atoms with Crippen molar-refractivity contribution in [3.05, 3.63) is 20.8 Å². The molecular formula is C11H14BrNO3S. The van der Waals surface area contributed by atoms with Crippen LogP contribution in [0.5, 0.6) is 0 Å². The first-order valence-electron chi connectivity index (χ1n) is 5.16. The fraction of sp³-hybridized carbons (Fsp3) is 0.455. The lowest BCUT2D eigenvalue weighted by molar-refractivity contribution is -0.150. The Morgan fingerprint density at radius 1 is 1.59 bits per heavy atom. The third-order valence-electron chi connectivity index (χ3n) is 2.40. The highest BCUT2D eigenvalue weighted by Gasteiger charge is 2.27. The van der Waals surface area contributed by atoms with Crippen LogP contribution in [-0.2, 0) is 16.1 Å². The summed E-state index contributed by atoms with van der Waals surface area (Å²) in [7, 11) is 1.63. The van der Waals surface area contributed by atoms with Crippen molar-refractivity contribution in [2.75, 3.05) is 7.05 Å². The number of hydrogen-bond donors (Lipinski definition) is 1. The van der Waals surface area contributed by atoms with E-state index in [1.165, 1.54) is 16.2 Å². The van der Waals surface area contributed by atoms with Crippen molar-refractivity contribution < 1.29 is 14.7 Å². The zero-order valence-corrected chi connectivity index (χ0v) is 12.0. The summed E-state index contributed by atoms with van der Waals surface area (Å²) in [5, 5.41) is 10.8. The first kappa shape index (κ1) is 14.2. The quantitative estimate of drug-likeness (QED) is 0.849. The normalized spacial score (nSPS) is 12.2. The van der Waals surface area contributed by atoms with Gasteiger partial charge in [-0.25, -0.2) is 0 Å². The Kier molecular flexibility index (Phi) is 5.14. The molecule has 94 valence electrons. The van der Waals surface area contributed by atoms with Crippen LogP contribution >= 0.6 is 27.3 Å². The highest BCUT2D eigenvalue weighted by Crippen LogP contribution is 2.21. The summed E-state index contributed by atoms with van der Waals surface area (Å²) >= 11 is 4.87. The second-order valence-corrected chi connectivity index (χ2v) is 5.64. The number of rotatable bonds is 5. The number of carboxylic acid groups (broad SMARTS) is 1. The van der Waals surface area contributed by atoms with Gasteiger partial charge in [0.25, 0.3) is 0 Å². The van der Waals surface area contributed by atoms with E-state index in [2.05, 4.69) is 15.9 Å². The van der Waals surface area contributed by atoms with Gasteiger partial charge in [-0.1, -0.05) is 6.92 Å². The van der Waals surface area contributed by atoms with Crippen LogP contribution in [0, 0.1) is 5.92 Å². The van der Waals surface area contributed by atoms with E-state index in [1.54, 1.807) is 14.0 Å². The molecule has 1 N–H and O–H groups in total. The van der Waals surface area contributed by atoms with Crippen molar-refractivity contribution in [1.82, 2.24) is 4.90 Å². The predicted octanol–water partition coefficient (Wildman–Crippen LogP) is 2.58. The highest BCUT2D eigenvalue weighted by atomic mass is 79.9. The lowest BCUT2D eigenvalue weighted by atomic mass is 10.1. The number of hydrogen-bond acceptors (Lipinski definition) is 3. The van der Waals surface area contributed by atoms with Gasteiger partial charge in [0, 0.05) is 21.8 Å². The van der Waals surface area contributed by atoms with Gasteiger partial charge < -0.3 is 10.0 Å². The second-order valence-electron chi connectivity index (χ2n) is 3.72. The van der Waals surface area contributed by atoms with Crippen molar-refractivity contribution in [3.8, 4) is 0 Å². The van der Waals surface area contributed by atoms with E-state index in [0.29, 0.717) is 13.0 Å². The van der Waals surface area contributed by atoms with Gasteiger partial charge >= 0.3 is 5.97 Å². The number of nitrogens with zero attached hydrogens (tertiary/aromatic N) is 1. The molecule has 0 bridgehead atoms. The maximum Gasteiger partial charge on any atom is 0.316 e. The van der Waals surface area contributed by atoms with Crippen molar-refractivity contribution in [3.63, 3.8) is 0 Å². The number of thiophene rings is 1. The molecule has 1 amide bonds. The van der Waals surface area contributed by atoms with E-state index in [1.807, 2.05) is 11.4 Å². The lowest BCUT2D eigenvalue weighted by Gasteiger charge is -2.19. The summed E-state index contributed by atoms with van der Waals surface area (Å²) in [5.41, 5.74) is 0. The fourth-order valence-corrected chi connectivity index (χ4v) is 2.97. The Hall–Kier alpha value is -0.880. The van der Waals surface area contributed by atoms with E-state index in [-0.39, 0.29) is 5.91 Å². The SMILES string of the molecule is CCC(C(=O)O)C(=O)N(C)Cc1cc(Br)cs1. The first-order chi connectivity index (χ1) is 7.95. The Balaban J connectivity index is 2.66. The summed E-state index contributed by atoms with van der Waals surface area (Å²) in [6.07, 6.45) is 0.312. The van der Waals surface area contributed by atoms with Gasteiger partial charge in [0.2, 0.25) is 5.91 Å². The Morgan fingerprint density at radius 2 is 2.24 bits per heavy atom. The molecule has 17 heavy (non-hydrogen) atoms. The smallest absolute Gasteiger partial charge is 0.316 e. The van der Waals surface area contributed by atoms with E-state index in [0.717, 1.165) is 9.35 Å². The lowest BCUT2D eigenvalue weighted by Crippen LogP contribution is -2.36. The van der Waals surface area contributed by atoms with Crippen LogP contribution in [0.15, 0.2) is 15.9 Å². The molecule has 0 saturated heterocycles. The van der Waals surface area contributed by atoms with Gasteiger partial charge in [0.15, 0.2) is 0 Å². The van der Waals surface area contributed by atoms with Gasteiger partial charge in [0.05, 0.1) is 6.54 Å². The van der Waals surface area contributed by atoms with Crippen LogP contribution < -0.4 is 0 Å². The summed E-state index contributed by atoms with van der Waals surface area (Å²) in [4.78, 5) is 25.2. The Morgan fingerprint density at radius 3 is 2.65 bits per heavy atom. The topological polar surface area (TPSA) is 57.6 Å². The summed E-state index contributed by atoms with van der Waals surface area (Å²) < 4.78 is 0.976. The van der Waals surface area contributed by atoms with Gasteiger partial charge in [0.1, 0.15) is 5.92 Å². The molecule has 0 radical (unpaired) electrons. The standard InChI is InChI=1S/C11H14BrNO3S/c1-3-9(11(15)16)10(14)13(2)5-8-4-7(12)6-17-8/h4,6,9H,3,5H2,1-2H3,(H,15,16). The molecular weight excluding hydrogens is 306 g/mol. The number of carboxylic acids is 1. The largest absolute Gasteiger partial charge is 0.481 e. The van der Waals surface area contributed by atoms with E-state index >= 15 is 0 Å². The summed E-state index contributed by atoms with van der Waals surface area (Å²) in [5.74, 6) is -2.34. The van der Waals surface area contributed by atoms with Crippen molar-refractivity contribution >= 4 is 39.1 Å². The van der Waals surface area contributed by atoms with Crippen LogP contribution in [0.3, 0.4) is 0 Å². The third kappa shape index (κ3) is 3.81. The van der Waals surface area contributed by atoms with E-state index in [4.69, 9.17) is 5.11 Å². The monoisotopic (exact) mass is 319 g/mol. The molecule has 0 aliphatic rings. The minimum Gasteiger partial charge on any atom is -0.481 e. The van der Waals surface area contributed by atoms with Gasteiger partial charge in [-0.15, -0.1) is 11.3 Å². The number of aliphatic carboxylic acids is 1. The second kappa shape index (κ2) is 6.16. The van der Waals surface area contributed by atoms with Crippen molar-refractivity contribution in [2.45, 2.75) is 19.9 Å². The van der Waals surface area contributed by atoms with Crippen LogP contribution in [0.4, 0.5) is 0 Å². The molecule has 0 aliphatic heterocycles. The first-order valence-corrected chi connectivity index (χ1v) is 6.83. The fourth-order valence-electron chi connectivity index (χ4n) is 1.47. The zero-order chi connectivity index (χ0) is 13.0. The molecule has 4 nitrogen and oxygen atoms in total. The van der Waals surface area contributed by atoms with Crippen LogP contribution in [0.25, 0.3) is 0 Å². The predicted molar refractivity (Wildman–Crippen MR) is 69.9 cm³/mol. The molecule has 1 unspecified atom stereocenters. The van der Waals surface area contributed by atoms with E-state index in [9.17, 15) is 9.59 Å². The third-order valence-corrected chi connectivity index (χ3v) is 4.08. The van der Waals surface area contributed by atoms with Gasteiger partial charge in [-0.2, -0.15) is 0 Å². The Labute approximate surface area is 112 Å². The minimum atomic E-state index is -1.06. The molecule has 1 atom stereocenters. The van der Waals surface area contributed by atoms with Crippen molar-refractivity contribution in [1.29, 1.82) is 0 Å². The highest BCUT2D eigenvalue weighted by molar-refractivity contribution is 9.10. The maximum atomic E-state index is 11.9. The Bertz CT molecular complexity index is 419. The molecule has 6 heteroatoms. The van der Waals surface area contributed by atoms with Crippen LogP contribution in [-0.4, -0.2) is 28.9 Å². The zero-order valence-electron chi connectivity index (χ0n) is 9.64. The summed E-state index contributed by atoms with van der Waals surface area (Å²) in [6.45, 7) is 2.14. The minimum absolute atomic E-state index is 0.312. The van der Waals surface area contributed by atoms with Crippen LogP contribution in [0.2, 0.25) is 0 Å². The molecule has 1 heterocycles. The van der Waals surface area contributed by atoms with Gasteiger partial charge in [-0.3, -0.25) is 9.59 Å². The summed E-state index contributed by atoms with van der Waals surface area (Å²) in [6, 6.07) is 1.93. The van der Waals surface area contributed by atoms with Gasteiger partial charge in [-0.05, 0) is 28.4 Å². The molecule has 1 rings (SSSR count). The molecule has 0 fully saturated rings. The molecule has 0 aromatic carbocycles. The molecule has 0 spiro atoms. The average Bonchev–Trinajstić information content (AvgIpc) is 2.64. The number of halogens is 1. The molecule has 1 aromatic rings. The number of carbonyl (C=O) groups is 2. The molecule has 1 aromatic heterocycles. The maximum absolute atomic E-state index is 11.9. The number of carbonyl (C=O) groups excluding carboxylic acids is 1. The van der Waals surface area contributed by atoms with Crippen LogP contribution in [0.1, 0.15) is 18.2 Å². The average molecular weight is 320 g/mol.